The highest BCUT2D eigenvalue weighted by Crippen LogP contribution is 2.42. The molecule has 6 heteroatoms. The van der Waals surface area contributed by atoms with E-state index in [2.05, 4.69) is 6.92 Å². The number of unbranched alkanes of at least 4 members (excludes halogenated alkanes) is 2. The monoisotopic (exact) mass is 471 g/mol. The van der Waals surface area contributed by atoms with E-state index in [4.69, 9.17) is 4.74 Å². The second-order valence-corrected chi connectivity index (χ2v) is 8.68. The van der Waals surface area contributed by atoms with Crippen molar-refractivity contribution in [2.75, 3.05) is 11.5 Å². The molecule has 0 radical (unpaired) electrons. The van der Waals surface area contributed by atoms with E-state index < -0.39 is 17.7 Å². The number of benzene rings is 3. The van der Waals surface area contributed by atoms with Gasteiger partial charge in [0, 0.05) is 11.3 Å². The molecule has 3 aromatic rings. The summed E-state index contributed by atoms with van der Waals surface area (Å²) in [7, 11) is 0. The Morgan fingerprint density at radius 2 is 1.69 bits per heavy atom. The number of anilines is 1. The molecule has 1 aliphatic heterocycles. The van der Waals surface area contributed by atoms with Crippen molar-refractivity contribution in [2.24, 2.45) is 0 Å². The first-order valence-electron chi connectivity index (χ1n) is 11.8. The van der Waals surface area contributed by atoms with Crippen molar-refractivity contribution >= 4 is 23.1 Å². The van der Waals surface area contributed by atoms with Crippen molar-refractivity contribution in [1.29, 1.82) is 0 Å². The van der Waals surface area contributed by atoms with Gasteiger partial charge in [-0.3, -0.25) is 14.5 Å². The van der Waals surface area contributed by atoms with Gasteiger partial charge in [-0.25, -0.2) is 0 Å². The van der Waals surface area contributed by atoms with Crippen molar-refractivity contribution in [3.63, 3.8) is 0 Å². The number of amides is 1. The molecule has 1 unspecified atom stereocenters. The lowest BCUT2D eigenvalue weighted by molar-refractivity contribution is -0.132. The smallest absolute Gasteiger partial charge is 0.300 e. The molecule has 0 spiro atoms. The largest absolute Gasteiger partial charge is 0.508 e. The number of aryl methyl sites for hydroxylation is 1. The summed E-state index contributed by atoms with van der Waals surface area (Å²) in [6.07, 6.45) is 3.16. The lowest BCUT2D eigenvalue weighted by Crippen LogP contribution is -2.29. The quantitative estimate of drug-likeness (QED) is 0.185. The van der Waals surface area contributed by atoms with Crippen LogP contribution in [0.25, 0.3) is 5.76 Å². The number of aliphatic hydroxyl groups excluding tert-OH is 1. The van der Waals surface area contributed by atoms with E-state index in [1.165, 1.54) is 17.0 Å². The molecule has 1 amide bonds. The number of hydrogen-bond acceptors (Lipinski definition) is 5. The lowest BCUT2D eigenvalue weighted by atomic mass is 9.95. The normalized spacial score (nSPS) is 17.1. The van der Waals surface area contributed by atoms with Gasteiger partial charge in [-0.2, -0.15) is 0 Å². The molecule has 1 fully saturated rings. The van der Waals surface area contributed by atoms with E-state index in [0.29, 0.717) is 29.2 Å². The summed E-state index contributed by atoms with van der Waals surface area (Å²) in [5.74, 6) is -1.12. The van der Waals surface area contributed by atoms with Crippen LogP contribution in [0.3, 0.4) is 0 Å². The van der Waals surface area contributed by atoms with Crippen LogP contribution < -0.4 is 9.64 Å². The summed E-state index contributed by atoms with van der Waals surface area (Å²) >= 11 is 0. The minimum atomic E-state index is -0.894. The topological polar surface area (TPSA) is 87.1 Å². The van der Waals surface area contributed by atoms with E-state index >= 15 is 0 Å². The maximum Gasteiger partial charge on any atom is 0.300 e. The predicted octanol–water partition coefficient (Wildman–Crippen LogP) is 5.90. The summed E-state index contributed by atoms with van der Waals surface area (Å²) < 4.78 is 5.74. The number of aromatic hydroxyl groups is 1. The zero-order chi connectivity index (χ0) is 24.9. The summed E-state index contributed by atoms with van der Waals surface area (Å²) in [5.41, 5.74) is 2.43. The Morgan fingerprint density at radius 1 is 0.971 bits per heavy atom. The van der Waals surface area contributed by atoms with Crippen LogP contribution in [0.5, 0.6) is 11.5 Å². The minimum absolute atomic E-state index is 0.00145. The predicted molar refractivity (Wildman–Crippen MR) is 136 cm³/mol. The Kier molecular flexibility index (Phi) is 7.20. The van der Waals surface area contributed by atoms with Crippen molar-refractivity contribution in [2.45, 2.75) is 39.2 Å². The number of carbonyl (C=O) groups is 2. The number of aliphatic hydroxyl groups is 1. The van der Waals surface area contributed by atoms with Gasteiger partial charge < -0.3 is 14.9 Å². The third kappa shape index (κ3) is 5.06. The third-order valence-corrected chi connectivity index (χ3v) is 6.09. The average Bonchev–Trinajstić information content (AvgIpc) is 3.13. The molecule has 1 atom stereocenters. The van der Waals surface area contributed by atoms with Crippen LogP contribution in [0, 0.1) is 6.92 Å². The molecule has 1 saturated heterocycles. The fourth-order valence-corrected chi connectivity index (χ4v) is 4.22. The average molecular weight is 472 g/mol. The summed E-state index contributed by atoms with van der Waals surface area (Å²) in [6, 6.07) is 19.5. The van der Waals surface area contributed by atoms with Crippen LogP contribution in [0.4, 0.5) is 5.69 Å². The van der Waals surface area contributed by atoms with Gasteiger partial charge in [-0.05, 0) is 67.4 Å². The number of hydrogen-bond donors (Lipinski definition) is 2. The summed E-state index contributed by atoms with van der Waals surface area (Å²) in [4.78, 5) is 27.8. The number of rotatable bonds is 8. The van der Waals surface area contributed by atoms with Gasteiger partial charge >= 0.3 is 0 Å². The Labute approximate surface area is 205 Å². The molecule has 2 N–H and O–H groups in total. The van der Waals surface area contributed by atoms with Gasteiger partial charge in [0.15, 0.2) is 0 Å². The highest BCUT2D eigenvalue weighted by molar-refractivity contribution is 6.51. The number of ether oxygens (including phenoxy) is 1. The third-order valence-electron chi connectivity index (χ3n) is 6.09. The van der Waals surface area contributed by atoms with Crippen LogP contribution in [0.2, 0.25) is 0 Å². The first kappa shape index (κ1) is 24.1. The fourth-order valence-electron chi connectivity index (χ4n) is 4.22. The number of ketones is 1. The zero-order valence-corrected chi connectivity index (χ0v) is 19.9. The Hall–Kier alpha value is -4.06. The van der Waals surface area contributed by atoms with Gasteiger partial charge in [0.1, 0.15) is 17.3 Å². The Balaban J connectivity index is 1.75. The SMILES string of the molecule is CCCCCOc1ccc(/C(O)=C2/C(=O)C(=O)N(c3ccc(C)cc3)C2c2cccc(O)c2)cc1. The molecule has 1 heterocycles. The lowest BCUT2D eigenvalue weighted by Gasteiger charge is -2.25. The molecular weight excluding hydrogens is 442 g/mol. The van der Waals surface area contributed by atoms with Crippen LogP contribution in [0.1, 0.15) is 48.9 Å². The van der Waals surface area contributed by atoms with Crippen LogP contribution in [0.15, 0.2) is 78.4 Å². The molecule has 35 heavy (non-hydrogen) atoms. The van der Waals surface area contributed by atoms with Gasteiger partial charge in [0.2, 0.25) is 0 Å². The van der Waals surface area contributed by atoms with E-state index in [9.17, 15) is 19.8 Å². The fraction of sp³-hybridized carbons (Fsp3) is 0.241. The highest BCUT2D eigenvalue weighted by atomic mass is 16.5. The number of carbonyl (C=O) groups excluding carboxylic acids is 2. The minimum Gasteiger partial charge on any atom is -0.508 e. The Morgan fingerprint density at radius 3 is 2.34 bits per heavy atom. The molecule has 4 rings (SSSR count). The summed E-state index contributed by atoms with van der Waals surface area (Å²) in [6.45, 7) is 4.67. The van der Waals surface area contributed by atoms with Crippen molar-refractivity contribution < 1.29 is 24.5 Å². The van der Waals surface area contributed by atoms with E-state index in [-0.39, 0.29) is 17.1 Å². The van der Waals surface area contributed by atoms with Crippen molar-refractivity contribution in [1.82, 2.24) is 0 Å². The van der Waals surface area contributed by atoms with Crippen LogP contribution in [-0.4, -0.2) is 28.5 Å². The molecular formula is C29H29NO5. The van der Waals surface area contributed by atoms with Crippen LogP contribution in [-0.2, 0) is 9.59 Å². The van der Waals surface area contributed by atoms with Gasteiger partial charge in [-0.15, -0.1) is 0 Å². The number of nitrogens with zero attached hydrogens (tertiary/aromatic N) is 1. The van der Waals surface area contributed by atoms with Crippen LogP contribution >= 0.6 is 0 Å². The number of phenols is 1. The number of phenolic OH excluding ortho intramolecular Hbond substituents is 1. The molecule has 1 aliphatic rings. The standard InChI is InChI=1S/C29H29NO5/c1-3-4-5-17-35-24-15-11-20(12-16-24)27(32)25-26(21-7-6-8-23(31)18-21)30(29(34)28(25)33)22-13-9-19(2)10-14-22/h6-16,18,26,31-32H,3-5,17H2,1-2H3/b27-25-. The van der Waals surface area contributed by atoms with E-state index in [1.807, 2.05) is 19.1 Å². The van der Waals surface area contributed by atoms with Crippen molar-refractivity contribution in [3.8, 4) is 11.5 Å². The second kappa shape index (κ2) is 10.5. The molecule has 180 valence electrons. The van der Waals surface area contributed by atoms with Gasteiger partial charge in [0.25, 0.3) is 11.7 Å². The first-order valence-corrected chi connectivity index (χ1v) is 11.8. The number of Topliss-reactive ketones (excluding diaryl/α,β-unsaturated/α-hetero) is 1. The molecule has 3 aromatic carbocycles. The maximum atomic E-state index is 13.2. The van der Waals surface area contributed by atoms with Gasteiger partial charge in [0.05, 0.1) is 18.2 Å². The second-order valence-electron chi connectivity index (χ2n) is 8.68. The zero-order valence-electron chi connectivity index (χ0n) is 19.9. The molecule has 0 bridgehead atoms. The van der Waals surface area contributed by atoms with Crippen molar-refractivity contribution in [3.05, 3.63) is 95.1 Å². The van der Waals surface area contributed by atoms with E-state index in [1.54, 1.807) is 48.5 Å². The van der Waals surface area contributed by atoms with Gasteiger partial charge in [-0.1, -0.05) is 49.6 Å². The molecule has 0 saturated carbocycles. The highest BCUT2D eigenvalue weighted by Gasteiger charge is 2.47. The maximum absolute atomic E-state index is 13.2. The molecule has 0 aliphatic carbocycles. The Bertz CT molecular complexity index is 1240. The van der Waals surface area contributed by atoms with E-state index in [0.717, 1.165) is 24.8 Å². The molecule has 6 nitrogen and oxygen atoms in total. The first-order chi connectivity index (χ1) is 16.9. The summed E-state index contributed by atoms with van der Waals surface area (Å²) in [5, 5.41) is 21.3. The molecule has 0 aromatic heterocycles.